The van der Waals surface area contributed by atoms with Crippen LogP contribution in [0.1, 0.15) is 31.0 Å². The molecule has 1 saturated heterocycles. The molecule has 1 fully saturated rings. The number of aromatic nitrogens is 2. The minimum atomic E-state index is 0.282. The van der Waals surface area contributed by atoms with Gasteiger partial charge in [-0.25, -0.2) is 9.97 Å². The van der Waals surface area contributed by atoms with Crippen molar-refractivity contribution < 1.29 is 14.2 Å². The number of hydrogen-bond donors (Lipinski definition) is 0. The Bertz CT molecular complexity index is 768. The maximum Gasteiger partial charge on any atom is 0.231 e. The van der Waals surface area contributed by atoms with Crippen molar-refractivity contribution in [3.8, 4) is 22.8 Å². The molecule has 2 aliphatic rings. The fraction of sp³-hybridized carbons (Fsp3) is 0.474. The number of thioether (sulfide) groups is 1. The summed E-state index contributed by atoms with van der Waals surface area (Å²) in [5.41, 5.74) is 4.21. The normalized spacial score (nSPS) is 21.7. The zero-order chi connectivity index (χ0) is 17.2. The Kier molecular flexibility index (Phi) is 4.81. The van der Waals surface area contributed by atoms with Crippen molar-refractivity contribution in [3.05, 3.63) is 35.8 Å². The highest BCUT2D eigenvalue weighted by molar-refractivity contribution is 7.98. The quantitative estimate of drug-likeness (QED) is 0.806. The fourth-order valence-electron chi connectivity index (χ4n) is 3.27. The molecular weight excluding hydrogens is 336 g/mol. The standard InChI is InChI=1S/C19H22N2O3S/c1-12-3-5-15(24-12)8-25-9-16-13(2)20-10-21-19(16)14-4-6-17-18(7-14)23-11-22-17/h4,6-7,10,12,15H,3,5,8-9,11H2,1-2H3. The lowest BCUT2D eigenvalue weighted by atomic mass is 10.1. The van der Waals surface area contributed by atoms with E-state index >= 15 is 0 Å². The van der Waals surface area contributed by atoms with E-state index in [1.54, 1.807) is 6.33 Å². The second kappa shape index (κ2) is 7.22. The summed E-state index contributed by atoms with van der Waals surface area (Å²) in [6.45, 7) is 4.48. The van der Waals surface area contributed by atoms with Gasteiger partial charge in [0.05, 0.1) is 17.9 Å². The van der Waals surface area contributed by atoms with Gasteiger partial charge in [-0.2, -0.15) is 11.8 Å². The highest BCUT2D eigenvalue weighted by atomic mass is 32.2. The summed E-state index contributed by atoms with van der Waals surface area (Å²) in [5, 5.41) is 0. The molecule has 25 heavy (non-hydrogen) atoms. The van der Waals surface area contributed by atoms with Gasteiger partial charge < -0.3 is 14.2 Å². The van der Waals surface area contributed by atoms with E-state index < -0.39 is 0 Å². The lowest BCUT2D eigenvalue weighted by Gasteiger charge is -2.14. The summed E-state index contributed by atoms with van der Waals surface area (Å²) in [5.74, 6) is 3.46. The Labute approximate surface area is 152 Å². The summed E-state index contributed by atoms with van der Waals surface area (Å²) in [6.07, 6.45) is 4.73. The van der Waals surface area contributed by atoms with E-state index in [0.717, 1.165) is 46.4 Å². The molecule has 2 unspecified atom stereocenters. The second-order valence-corrected chi connectivity index (χ2v) is 7.55. The Morgan fingerprint density at radius 2 is 2.04 bits per heavy atom. The van der Waals surface area contributed by atoms with Gasteiger partial charge in [-0.1, -0.05) is 0 Å². The number of fused-ring (bicyclic) bond motifs is 1. The molecule has 0 bridgehead atoms. The van der Waals surface area contributed by atoms with Crippen LogP contribution in [0.3, 0.4) is 0 Å². The maximum absolute atomic E-state index is 5.91. The van der Waals surface area contributed by atoms with E-state index in [9.17, 15) is 0 Å². The summed E-state index contributed by atoms with van der Waals surface area (Å²) < 4.78 is 16.8. The lowest BCUT2D eigenvalue weighted by Crippen LogP contribution is -2.11. The van der Waals surface area contributed by atoms with Gasteiger partial charge in [-0.15, -0.1) is 0 Å². The molecule has 3 heterocycles. The molecular formula is C19H22N2O3S. The topological polar surface area (TPSA) is 53.5 Å². The van der Waals surface area contributed by atoms with Gasteiger partial charge in [0.1, 0.15) is 6.33 Å². The van der Waals surface area contributed by atoms with Crippen LogP contribution in [0.25, 0.3) is 11.3 Å². The third-order valence-electron chi connectivity index (χ3n) is 4.68. The largest absolute Gasteiger partial charge is 0.454 e. The van der Waals surface area contributed by atoms with Gasteiger partial charge in [0.25, 0.3) is 0 Å². The van der Waals surface area contributed by atoms with E-state index in [0.29, 0.717) is 12.2 Å². The second-order valence-electron chi connectivity index (χ2n) is 6.52. The molecule has 2 aromatic rings. The molecule has 132 valence electrons. The number of ether oxygens (including phenoxy) is 3. The Morgan fingerprint density at radius 3 is 2.88 bits per heavy atom. The molecule has 1 aromatic carbocycles. The van der Waals surface area contributed by atoms with Gasteiger partial charge in [-0.05, 0) is 44.9 Å². The number of aryl methyl sites for hydroxylation is 1. The van der Waals surface area contributed by atoms with Crippen molar-refractivity contribution in [1.82, 2.24) is 9.97 Å². The Morgan fingerprint density at radius 1 is 1.16 bits per heavy atom. The lowest BCUT2D eigenvalue weighted by molar-refractivity contribution is 0.0700. The van der Waals surface area contributed by atoms with Crippen molar-refractivity contribution in [2.75, 3.05) is 12.5 Å². The third kappa shape index (κ3) is 3.60. The minimum Gasteiger partial charge on any atom is -0.454 e. The predicted molar refractivity (Wildman–Crippen MR) is 98.1 cm³/mol. The first-order chi connectivity index (χ1) is 12.2. The molecule has 4 rings (SSSR count). The summed E-state index contributed by atoms with van der Waals surface area (Å²) in [4.78, 5) is 8.93. The molecule has 2 aliphatic heterocycles. The first kappa shape index (κ1) is 16.7. The van der Waals surface area contributed by atoms with Crippen LogP contribution in [0.2, 0.25) is 0 Å². The van der Waals surface area contributed by atoms with Crippen LogP contribution in [0.4, 0.5) is 0 Å². The van der Waals surface area contributed by atoms with Crippen molar-refractivity contribution >= 4 is 11.8 Å². The molecule has 0 N–H and O–H groups in total. The van der Waals surface area contributed by atoms with Gasteiger partial charge >= 0.3 is 0 Å². The molecule has 1 aromatic heterocycles. The van der Waals surface area contributed by atoms with Crippen molar-refractivity contribution in [2.45, 2.75) is 44.6 Å². The minimum absolute atomic E-state index is 0.282. The Hall–Kier alpha value is -1.79. The summed E-state index contributed by atoms with van der Waals surface area (Å²) in [6, 6.07) is 5.98. The highest BCUT2D eigenvalue weighted by Crippen LogP contribution is 2.37. The fourth-order valence-corrected chi connectivity index (χ4v) is 4.44. The molecule has 0 aliphatic carbocycles. The van der Waals surface area contributed by atoms with Gasteiger partial charge in [0.2, 0.25) is 6.79 Å². The number of hydrogen-bond acceptors (Lipinski definition) is 6. The molecule has 0 amide bonds. The molecule has 0 spiro atoms. The summed E-state index contributed by atoms with van der Waals surface area (Å²) >= 11 is 1.89. The Balaban J connectivity index is 1.52. The van der Waals surface area contributed by atoms with Gasteiger partial charge in [0, 0.05) is 28.3 Å². The van der Waals surface area contributed by atoms with E-state index in [-0.39, 0.29) is 6.79 Å². The average molecular weight is 358 g/mol. The SMILES string of the molecule is Cc1ncnc(-c2ccc3c(c2)OCO3)c1CSCC1CCC(C)O1. The van der Waals surface area contributed by atoms with Crippen LogP contribution in [-0.4, -0.2) is 34.7 Å². The van der Waals surface area contributed by atoms with E-state index in [4.69, 9.17) is 14.2 Å². The van der Waals surface area contributed by atoms with E-state index in [1.165, 1.54) is 12.0 Å². The van der Waals surface area contributed by atoms with Gasteiger partial charge in [0.15, 0.2) is 11.5 Å². The molecule has 6 heteroatoms. The number of nitrogens with zero attached hydrogens (tertiary/aromatic N) is 2. The predicted octanol–water partition coefficient (Wildman–Crippen LogP) is 3.98. The summed E-state index contributed by atoms with van der Waals surface area (Å²) in [7, 11) is 0. The van der Waals surface area contributed by atoms with Crippen molar-refractivity contribution in [3.63, 3.8) is 0 Å². The number of benzene rings is 1. The smallest absolute Gasteiger partial charge is 0.231 e. The highest BCUT2D eigenvalue weighted by Gasteiger charge is 2.22. The molecule has 2 atom stereocenters. The zero-order valence-corrected chi connectivity index (χ0v) is 15.3. The first-order valence-electron chi connectivity index (χ1n) is 8.64. The molecule has 0 saturated carbocycles. The van der Waals surface area contributed by atoms with Crippen LogP contribution in [-0.2, 0) is 10.5 Å². The molecule has 5 nitrogen and oxygen atoms in total. The zero-order valence-electron chi connectivity index (χ0n) is 14.5. The first-order valence-corrected chi connectivity index (χ1v) is 9.80. The van der Waals surface area contributed by atoms with Crippen LogP contribution in [0.5, 0.6) is 11.5 Å². The van der Waals surface area contributed by atoms with Crippen molar-refractivity contribution in [2.24, 2.45) is 0 Å². The van der Waals surface area contributed by atoms with E-state index in [2.05, 4.69) is 16.9 Å². The average Bonchev–Trinajstić information content (AvgIpc) is 3.24. The van der Waals surface area contributed by atoms with Gasteiger partial charge in [-0.3, -0.25) is 0 Å². The van der Waals surface area contributed by atoms with Crippen LogP contribution in [0.15, 0.2) is 24.5 Å². The van der Waals surface area contributed by atoms with Crippen LogP contribution in [0, 0.1) is 6.92 Å². The van der Waals surface area contributed by atoms with Crippen LogP contribution < -0.4 is 9.47 Å². The third-order valence-corrected chi connectivity index (χ3v) is 5.78. The van der Waals surface area contributed by atoms with Crippen LogP contribution >= 0.6 is 11.8 Å². The maximum atomic E-state index is 5.91. The van der Waals surface area contributed by atoms with Crippen molar-refractivity contribution in [1.29, 1.82) is 0 Å². The number of rotatable bonds is 5. The van der Waals surface area contributed by atoms with E-state index in [1.807, 2.05) is 36.9 Å². The molecule has 0 radical (unpaired) electrons. The monoisotopic (exact) mass is 358 g/mol.